The van der Waals surface area contributed by atoms with E-state index in [2.05, 4.69) is 6.58 Å². The van der Waals surface area contributed by atoms with E-state index < -0.39 is 9.04 Å². The van der Waals surface area contributed by atoms with Gasteiger partial charge in [-0.05, 0) is 6.55 Å². The Balaban J connectivity index is 3.33. The van der Waals surface area contributed by atoms with Crippen LogP contribution in [-0.2, 0) is 0 Å². The van der Waals surface area contributed by atoms with Crippen molar-refractivity contribution in [2.45, 2.75) is 12.2 Å². The molecule has 0 fully saturated rings. The minimum Gasteiger partial charge on any atom is -0.433 e. The van der Waals surface area contributed by atoms with E-state index in [1.165, 1.54) is 0 Å². The maximum Gasteiger partial charge on any atom is 0.189 e. The van der Waals surface area contributed by atoms with Crippen LogP contribution in [0.15, 0.2) is 12.7 Å². The molecule has 7 heavy (non-hydrogen) atoms. The summed E-state index contributed by atoms with van der Waals surface area (Å²) in [7, 11) is -1.60. The standard InChI is InChI=1S/C4H11NOSi/c1-3-4(5)7(2)6/h3-4,6-7H,1,5H2,2H3. The van der Waals surface area contributed by atoms with Gasteiger partial charge in [0, 0.05) is 5.67 Å². The zero-order chi connectivity index (χ0) is 5.86. The number of hydrogen-bond donors (Lipinski definition) is 2. The molecule has 0 saturated heterocycles. The molecule has 0 aromatic carbocycles. The average Bonchev–Trinajstić information content (AvgIpc) is 1.65. The summed E-state index contributed by atoms with van der Waals surface area (Å²) in [5, 5.41) is 0. The van der Waals surface area contributed by atoms with Crippen LogP contribution >= 0.6 is 0 Å². The molecule has 2 nitrogen and oxygen atoms in total. The van der Waals surface area contributed by atoms with Crippen LogP contribution in [0.25, 0.3) is 0 Å². The topological polar surface area (TPSA) is 46.2 Å². The van der Waals surface area contributed by atoms with E-state index >= 15 is 0 Å². The predicted octanol–water partition coefficient (Wildman–Crippen LogP) is -0.615. The first-order valence-electron chi connectivity index (χ1n) is 2.24. The molecule has 3 heteroatoms. The highest BCUT2D eigenvalue weighted by atomic mass is 28.3. The van der Waals surface area contributed by atoms with Crippen LogP contribution in [0.3, 0.4) is 0 Å². The van der Waals surface area contributed by atoms with Crippen molar-refractivity contribution in [1.82, 2.24) is 0 Å². The Morgan fingerprint density at radius 1 is 2.00 bits per heavy atom. The minimum atomic E-state index is -1.60. The van der Waals surface area contributed by atoms with Gasteiger partial charge in [0.15, 0.2) is 9.04 Å². The minimum absolute atomic E-state index is 0.139. The molecule has 0 aliphatic rings. The summed E-state index contributed by atoms with van der Waals surface area (Å²) in [6.07, 6.45) is 1.58. The monoisotopic (exact) mass is 117 g/mol. The second-order valence-corrected chi connectivity index (χ2v) is 3.80. The summed E-state index contributed by atoms with van der Waals surface area (Å²) in [5.74, 6) is 0. The van der Waals surface area contributed by atoms with Gasteiger partial charge in [-0.2, -0.15) is 0 Å². The van der Waals surface area contributed by atoms with Gasteiger partial charge in [-0.3, -0.25) is 0 Å². The third-order valence-corrected chi connectivity index (χ3v) is 2.22. The van der Waals surface area contributed by atoms with Crippen LogP contribution in [0.5, 0.6) is 0 Å². The summed E-state index contributed by atoms with van der Waals surface area (Å²) in [5.41, 5.74) is 5.17. The molecule has 42 valence electrons. The van der Waals surface area contributed by atoms with E-state index in [4.69, 9.17) is 10.5 Å². The van der Waals surface area contributed by atoms with E-state index in [1.54, 1.807) is 12.6 Å². The first-order valence-corrected chi connectivity index (χ1v) is 4.58. The van der Waals surface area contributed by atoms with Crippen molar-refractivity contribution in [3.8, 4) is 0 Å². The molecule has 0 aliphatic heterocycles. The molecule has 0 aliphatic carbocycles. The fraction of sp³-hybridized carbons (Fsp3) is 0.500. The van der Waals surface area contributed by atoms with Gasteiger partial charge in [-0.1, -0.05) is 6.08 Å². The van der Waals surface area contributed by atoms with Crippen LogP contribution in [0.4, 0.5) is 0 Å². The van der Waals surface area contributed by atoms with Crippen molar-refractivity contribution < 1.29 is 4.80 Å². The summed E-state index contributed by atoms with van der Waals surface area (Å²) >= 11 is 0. The Labute approximate surface area is 45.4 Å². The Kier molecular flexibility index (Phi) is 2.90. The quantitative estimate of drug-likeness (QED) is 0.374. The van der Waals surface area contributed by atoms with Crippen LogP contribution in [0.1, 0.15) is 0 Å². The van der Waals surface area contributed by atoms with Crippen molar-refractivity contribution in [3.63, 3.8) is 0 Å². The lowest BCUT2D eigenvalue weighted by Gasteiger charge is -2.04. The molecule has 0 rings (SSSR count). The SMILES string of the molecule is C=CC(N)[SiH](C)O. The van der Waals surface area contributed by atoms with E-state index in [-0.39, 0.29) is 5.67 Å². The second kappa shape index (κ2) is 2.96. The molecular weight excluding hydrogens is 106 g/mol. The van der Waals surface area contributed by atoms with Gasteiger partial charge >= 0.3 is 0 Å². The molecule has 0 aromatic heterocycles. The van der Waals surface area contributed by atoms with Crippen molar-refractivity contribution in [1.29, 1.82) is 0 Å². The highest BCUT2D eigenvalue weighted by Gasteiger charge is 2.04. The summed E-state index contributed by atoms with van der Waals surface area (Å²) in [6.45, 7) is 5.20. The zero-order valence-electron chi connectivity index (χ0n) is 4.46. The predicted molar refractivity (Wildman–Crippen MR) is 33.4 cm³/mol. The molecule has 3 N–H and O–H groups in total. The molecule has 2 unspecified atom stereocenters. The zero-order valence-corrected chi connectivity index (χ0v) is 5.62. The molecule has 0 saturated carbocycles. The Bertz CT molecular complexity index is 64.7. The first-order chi connectivity index (χ1) is 3.18. The van der Waals surface area contributed by atoms with Crippen LogP contribution in [-0.4, -0.2) is 19.5 Å². The fourth-order valence-electron chi connectivity index (χ4n) is 0.197. The number of rotatable bonds is 2. The van der Waals surface area contributed by atoms with Crippen LogP contribution < -0.4 is 5.73 Å². The first kappa shape index (κ1) is 6.88. The van der Waals surface area contributed by atoms with Crippen LogP contribution in [0.2, 0.25) is 6.55 Å². The van der Waals surface area contributed by atoms with Gasteiger partial charge < -0.3 is 10.5 Å². The third kappa shape index (κ3) is 2.56. The van der Waals surface area contributed by atoms with Crippen molar-refractivity contribution in [2.24, 2.45) is 5.73 Å². The molecule has 0 aromatic rings. The molecule has 0 radical (unpaired) electrons. The van der Waals surface area contributed by atoms with Gasteiger partial charge in [-0.15, -0.1) is 6.58 Å². The summed E-state index contributed by atoms with van der Waals surface area (Å²) in [4.78, 5) is 8.76. The number of hydrogen-bond acceptors (Lipinski definition) is 2. The highest BCUT2D eigenvalue weighted by molar-refractivity contribution is 6.51. The highest BCUT2D eigenvalue weighted by Crippen LogP contribution is 1.81. The molecule has 2 atom stereocenters. The molecular formula is C4H11NOSi. The van der Waals surface area contributed by atoms with E-state index in [9.17, 15) is 0 Å². The fourth-order valence-corrected chi connectivity index (χ4v) is 0.591. The van der Waals surface area contributed by atoms with Crippen LogP contribution in [0, 0.1) is 0 Å². The average molecular weight is 117 g/mol. The molecule has 0 heterocycles. The smallest absolute Gasteiger partial charge is 0.189 e. The maximum atomic E-state index is 8.76. The maximum absolute atomic E-state index is 8.76. The molecule has 0 amide bonds. The van der Waals surface area contributed by atoms with Crippen molar-refractivity contribution in [2.75, 3.05) is 0 Å². The molecule has 0 bridgehead atoms. The van der Waals surface area contributed by atoms with E-state index in [0.717, 1.165) is 0 Å². The summed E-state index contributed by atoms with van der Waals surface area (Å²) in [6, 6.07) is 0. The second-order valence-electron chi connectivity index (χ2n) is 1.55. The molecule has 0 spiro atoms. The van der Waals surface area contributed by atoms with E-state index in [1.807, 2.05) is 0 Å². The van der Waals surface area contributed by atoms with Gasteiger partial charge in [0.05, 0.1) is 0 Å². The lowest BCUT2D eigenvalue weighted by molar-refractivity contribution is 0.567. The summed E-state index contributed by atoms with van der Waals surface area (Å²) < 4.78 is 0. The van der Waals surface area contributed by atoms with Crippen molar-refractivity contribution in [3.05, 3.63) is 12.7 Å². The normalized spacial score (nSPS) is 18.1. The number of nitrogens with two attached hydrogens (primary N) is 1. The van der Waals surface area contributed by atoms with Crippen molar-refractivity contribution >= 4 is 9.04 Å². The van der Waals surface area contributed by atoms with Gasteiger partial charge in [0.25, 0.3) is 0 Å². The third-order valence-electron chi connectivity index (χ3n) is 0.829. The Hall–Kier alpha value is -0.123. The Morgan fingerprint density at radius 3 is 2.43 bits per heavy atom. The van der Waals surface area contributed by atoms with Gasteiger partial charge in [-0.25, -0.2) is 0 Å². The largest absolute Gasteiger partial charge is 0.433 e. The lowest BCUT2D eigenvalue weighted by Crippen LogP contribution is -2.33. The lowest BCUT2D eigenvalue weighted by atomic mass is 10.6. The van der Waals surface area contributed by atoms with Gasteiger partial charge in [0.1, 0.15) is 0 Å². The van der Waals surface area contributed by atoms with E-state index in [0.29, 0.717) is 0 Å². The Morgan fingerprint density at radius 2 is 2.43 bits per heavy atom. The van der Waals surface area contributed by atoms with Gasteiger partial charge in [0.2, 0.25) is 0 Å².